The lowest BCUT2D eigenvalue weighted by molar-refractivity contribution is 0.210. The number of nitrogens with zero attached hydrogens (tertiary/aromatic N) is 1. The lowest BCUT2D eigenvalue weighted by Gasteiger charge is -2.22. The van der Waals surface area contributed by atoms with Gasteiger partial charge in [0.15, 0.2) is 0 Å². The molecule has 1 rings (SSSR count). The van der Waals surface area contributed by atoms with Crippen molar-refractivity contribution in [2.75, 3.05) is 18.4 Å². The third-order valence-electron chi connectivity index (χ3n) is 3.29. The van der Waals surface area contributed by atoms with Crippen molar-refractivity contribution in [3.8, 4) is 0 Å². The molecule has 4 heteroatoms. The Morgan fingerprint density at radius 2 is 1.65 bits per heavy atom. The van der Waals surface area contributed by atoms with Crippen molar-refractivity contribution in [1.82, 2.24) is 4.90 Å². The minimum atomic E-state index is -0.00704. The summed E-state index contributed by atoms with van der Waals surface area (Å²) in [7, 11) is 0. The van der Waals surface area contributed by atoms with Gasteiger partial charge in [-0.05, 0) is 30.5 Å². The summed E-state index contributed by atoms with van der Waals surface area (Å²) in [4.78, 5) is 14.2. The van der Waals surface area contributed by atoms with Gasteiger partial charge in [-0.15, -0.1) is 0 Å². The summed E-state index contributed by atoms with van der Waals surface area (Å²) in [5.74, 6) is 0. The quantitative estimate of drug-likeness (QED) is 0.763. The number of nitrogens with two attached hydrogens (primary N) is 1. The number of unbranched alkanes of at least 4 members (excludes halogenated alkanes) is 2. The van der Waals surface area contributed by atoms with Crippen LogP contribution in [0.15, 0.2) is 24.3 Å². The van der Waals surface area contributed by atoms with E-state index < -0.39 is 0 Å². The Kier molecular flexibility index (Phi) is 7.73. The summed E-state index contributed by atoms with van der Waals surface area (Å²) < 4.78 is 0. The van der Waals surface area contributed by atoms with E-state index in [0.29, 0.717) is 6.54 Å². The second-order valence-electron chi connectivity index (χ2n) is 5.03. The molecule has 0 aliphatic carbocycles. The van der Waals surface area contributed by atoms with Crippen molar-refractivity contribution in [3.05, 3.63) is 29.8 Å². The van der Waals surface area contributed by atoms with E-state index in [4.69, 9.17) is 5.73 Å². The normalized spacial score (nSPS) is 10.3. The Morgan fingerprint density at radius 3 is 2.10 bits per heavy atom. The predicted octanol–water partition coefficient (Wildman–Crippen LogP) is 3.58. The Bertz CT molecular complexity index is 381. The molecule has 2 amide bonds. The van der Waals surface area contributed by atoms with E-state index in [2.05, 4.69) is 19.2 Å². The number of nitrogens with one attached hydrogen (secondary N) is 1. The van der Waals surface area contributed by atoms with Crippen molar-refractivity contribution in [2.45, 2.75) is 46.1 Å². The average molecular weight is 277 g/mol. The van der Waals surface area contributed by atoms with Gasteiger partial charge in [-0.2, -0.15) is 0 Å². The van der Waals surface area contributed by atoms with E-state index in [1.165, 1.54) is 0 Å². The van der Waals surface area contributed by atoms with E-state index in [1.807, 2.05) is 29.2 Å². The van der Waals surface area contributed by atoms with Crippen LogP contribution in [0.4, 0.5) is 10.5 Å². The summed E-state index contributed by atoms with van der Waals surface area (Å²) in [6.45, 7) is 6.45. The van der Waals surface area contributed by atoms with E-state index in [9.17, 15) is 4.79 Å². The van der Waals surface area contributed by atoms with E-state index >= 15 is 0 Å². The number of benzene rings is 1. The van der Waals surface area contributed by atoms with Gasteiger partial charge >= 0.3 is 6.03 Å². The molecular formula is C16H27N3O. The van der Waals surface area contributed by atoms with Crippen molar-refractivity contribution in [2.24, 2.45) is 5.73 Å². The molecule has 0 spiro atoms. The van der Waals surface area contributed by atoms with Crippen LogP contribution < -0.4 is 11.1 Å². The number of rotatable bonds is 8. The molecule has 0 bridgehead atoms. The molecule has 1 aromatic rings. The van der Waals surface area contributed by atoms with Gasteiger partial charge in [0.2, 0.25) is 0 Å². The zero-order chi connectivity index (χ0) is 14.8. The Morgan fingerprint density at radius 1 is 1.10 bits per heavy atom. The first kappa shape index (κ1) is 16.5. The topological polar surface area (TPSA) is 58.4 Å². The fourth-order valence-electron chi connectivity index (χ4n) is 1.94. The summed E-state index contributed by atoms with van der Waals surface area (Å²) in [5, 5.41) is 2.96. The third-order valence-corrected chi connectivity index (χ3v) is 3.29. The maximum Gasteiger partial charge on any atom is 0.321 e. The van der Waals surface area contributed by atoms with Crippen LogP contribution in [-0.2, 0) is 6.54 Å². The van der Waals surface area contributed by atoms with Crippen LogP contribution in [0.25, 0.3) is 0 Å². The summed E-state index contributed by atoms with van der Waals surface area (Å²) >= 11 is 0. The lowest BCUT2D eigenvalue weighted by Crippen LogP contribution is -2.36. The van der Waals surface area contributed by atoms with Crippen molar-refractivity contribution >= 4 is 11.7 Å². The SMILES string of the molecule is CCCCN(CCCC)C(=O)Nc1ccc(CN)cc1. The van der Waals surface area contributed by atoms with Gasteiger partial charge in [0.1, 0.15) is 0 Å². The monoisotopic (exact) mass is 277 g/mol. The van der Waals surface area contributed by atoms with E-state index in [-0.39, 0.29) is 6.03 Å². The van der Waals surface area contributed by atoms with Crippen LogP contribution in [0, 0.1) is 0 Å². The fraction of sp³-hybridized carbons (Fsp3) is 0.562. The van der Waals surface area contributed by atoms with Gasteiger partial charge in [-0.1, -0.05) is 38.8 Å². The second-order valence-corrected chi connectivity index (χ2v) is 5.03. The standard InChI is InChI=1S/C16H27N3O/c1-3-5-11-19(12-6-4-2)16(20)18-15-9-7-14(13-17)8-10-15/h7-10H,3-6,11-13,17H2,1-2H3,(H,18,20). The number of carbonyl (C=O) groups excluding carboxylic acids is 1. The van der Waals surface area contributed by atoms with Gasteiger partial charge in [-0.25, -0.2) is 4.79 Å². The lowest BCUT2D eigenvalue weighted by atomic mass is 10.2. The Hall–Kier alpha value is -1.55. The molecule has 0 atom stereocenters. The first-order valence-corrected chi connectivity index (χ1v) is 7.56. The van der Waals surface area contributed by atoms with Gasteiger partial charge in [0.25, 0.3) is 0 Å². The maximum atomic E-state index is 12.3. The van der Waals surface area contributed by atoms with Crippen LogP contribution >= 0.6 is 0 Å². The Balaban J connectivity index is 2.58. The number of anilines is 1. The molecule has 0 fully saturated rings. The third kappa shape index (κ3) is 5.61. The molecule has 0 heterocycles. The Labute approximate surface area is 122 Å². The minimum Gasteiger partial charge on any atom is -0.326 e. The van der Waals surface area contributed by atoms with Crippen LogP contribution in [0.5, 0.6) is 0 Å². The van der Waals surface area contributed by atoms with Crippen molar-refractivity contribution < 1.29 is 4.79 Å². The highest BCUT2D eigenvalue weighted by Crippen LogP contribution is 2.11. The molecule has 0 aliphatic rings. The first-order chi connectivity index (χ1) is 9.71. The number of hydrogen-bond donors (Lipinski definition) is 2. The molecular weight excluding hydrogens is 250 g/mol. The molecule has 0 saturated heterocycles. The van der Waals surface area contributed by atoms with Crippen LogP contribution in [0.1, 0.15) is 45.1 Å². The van der Waals surface area contributed by atoms with Crippen molar-refractivity contribution in [3.63, 3.8) is 0 Å². The fourth-order valence-corrected chi connectivity index (χ4v) is 1.94. The molecule has 112 valence electrons. The highest BCUT2D eigenvalue weighted by molar-refractivity contribution is 5.89. The molecule has 1 aromatic carbocycles. The number of urea groups is 1. The second kappa shape index (κ2) is 9.37. The van der Waals surface area contributed by atoms with Crippen LogP contribution in [0.3, 0.4) is 0 Å². The molecule has 3 N–H and O–H groups in total. The molecule has 20 heavy (non-hydrogen) atoms. The highest BCUT2D eigenvalue weighted by atomic mass is 16.2. The summed E-state index contributed by atoms with van der Waals surface area (Å²) in [5.41, 5.74) is 7.45. The maximum absolute atomic E-state index is 12.3. The minimum absolute atomic E-state index is 0.00704. The zero-order valence-corrected chi connectivity index (χ0v) is 12.7. The summed E-state index contributed by atoms with van der Waals surface area (Å²) in [6, 6.07) is 7.68. The molecule has 0 aromatic heterocycles. The summed E-state index contributed by atoms with van der Waals surface area (Å²) in [6.07, 6.45) is 4.29. The highest BCUT2D eigenvalue weighted by Gasteiger charge is 2.12. The van der Waals surface area contributed by atoms with Crippen LogP contribution in [-0.4, -0.2) is 24.0 Å². The number of carbonyl (C=O) groups is 1. The molecule has 0 radical (unpaired) electrons. The van der Waals surface area contributed by atoms with Gasteiger partial charge in [-0.3, -0.25) is 0 Å². The largest absolute Gasteiger partial charge is 0.326 e. The first-order valence-electron chi connectivity index (χ1n) is 7.56. The zero-order valence-electron chi connectivity index (χ0n) is 12.7. The van der Waals surface area contributed by atoms with E-state index in [1.54, 1.807) is 0 Å². The molecule has 0 unspecified atom stereocenters. The van der Waals surface area contributed by atoms with Gasteiger partial charge < -0.3 is 16.0 Å². The molecule has 0 aliphatic heterocycles. The van der Waals surface area contributed by atoms with E-state index in [0.717, 1.165) is 50.0 Å². The number of amides is 2. The predicted molar refractivity (Wildman–Crippen MR) is 84.7 cm³/mol. The van der Waals surface area contributed by atoms with Gasteiger partial charge in [0, 0.05) is 25.3 Å². The molecule has 0 saturated carbocycles. The number of hydrogen-bond acceptors (Lipinski definition) is 2. The van der Waals surface area contributed by atoms with Gasteiger partial charge in [0.05, 0.1) is 0 Å². The van der Waals surface area contributed by atoms with Crippen LogP contribution in [0.2, 0.25) is 0 Å². The van der Waals surface area contributed by atoms with Crippen molar-refractivity contribution in [1.29, 1.82) is 0 Å². The smallest absolute Gasteiger partial charge is 0.321 e. The molecule has 4 nitrogen and oxygen atoms in total. The average Bonchev–Trinajstić information content (AvgIpc) is 2.48.